The first-order valence-corrected chi connectivity index (χ1v) is 14.6. The summed E-state index contributed by atoms with van der Waals surface area (Å²) in [6.45, 7) is 4.29. The largest absolute Gasteiger partial charge is 0.481 e. The average Bonchev–Trinajstić information content (AvgIpc) is 2.68. The van der Waals surface area contributed by atoms with Crippen LogP contribution in [0, 0.1) is 0 Å². The number of ether oxygens (including phenoxy) is 1. The predicted molar refractivity (Wildman–Crippen MR) is 122 cm³/mol. The molecule has 10 heteroatoms. The van der Waals surface area contributed by atoms with Crippen LogP contribution in [0.1, 0.15) is 96.8 Å². The fourth-order valence-electron chi connectivity index (χ4n) is 2.87. The molecule has 0 aromatic heterocycles. The van der Waals surface area contributed by atoms with Gasteiger partial charge in [-0.2, -0.15) is 8.42 Å². The summed E-state index contributed by atoms with van der Waals surface area (Å²) < 4.78 is 35.6. The number of carboxylic acids is 2. The van der Waals surface area contributed by atoms with Gasteiger partial charge in [-0.3, -0.25) is 14.1 Å². The van der Waals surface area contributed by atoms with E-state index in [2.05, 4.69) is 6.92 Å². The average molecular weight is 477 g/mol. The number of unbranched alkanes of at least 4 members (excludes halogenated alkanes) is 11. The van der Waals surface area contributed by atoms with Gasteiger partial charge in [-0.25, -0.2) is 0 Å². The van der Waals surface area contributed by atoms with Gasteiger partial charge >= 0.3 is 113 Å². The number of carbonyl (C=O) groups is 2. The van der Waals surface area contributed by atoms with Gasteiger partial charge in [0.25, 0.3) is 10.1 Å². The molecule has 0 aliphatic heterocycles. The SMILES string of the molecule is CCCCCCCCCCCCCCOCC[CH2][Na].O=C(O)CC(C(=O)O)S(=O)(=O)O. The molecule has 3 N–H and O–H groups in total. The van der Waals surface area contributed by atoms with E-state index in [4.69, 9.17) is 19.5 Å². The normalized spacial score (nSPS) is 12.1. The van der Waals surface area contributed by atoms with Crippen LogP contribution in [0.15, 0.2) is 0 Å². The zero-order valence-corrected chi connectivity index (χ0v) is 22.2. The topological polar surface area (TPSA) is 138 Å². The van der Waals surface area contributed by atoms with Gasteiger partial charge in [-0.1, -0.05) is 39.0 Å². The number of hydrogen-bond donors (Lipinski definition) is 3. The Bertz CT molecular complexity index is 523. The molecule has 0 spiro atoms. The molecule has 1 unspecified atom stereocenters. The van der Waals surface area contributed by atoms with E-state index < -0.39 is 33.7 Å². The molecule has 0 heterocycles. The van der Waals surface area contributed by atoms with Crippen molar-refractivity contribution < 1.29 is 37.5 Å². The minimum Gasteiger partial charge on any atom is -0.481 e. The maximum Gasteiger partial charge on any atom is 0.325 e. The summed E-state index contributed by atoms with van der Waals surface area (Å²) in [5, 5.41) is 13.9. The molecule has 1 atom stereocenters. The van der Waals surface area contributed by atoms with Gasteiger partial charge in [-0.15, -0.1) is 0 Å². The van der Waals surface area contributed by atoms with Crippen LogP contribution in [-0.4, -0.2) is 81.5 Å². The molecule has 0 saturated carbocycles. The van der Waals surface area contributed by atoms with Crippen LogP contribution >= 0.6 is 0 Å². The molecule has 0 aliphatic rings. The van der Waals surface area contributed by atoms with Crippen LogP contribution in [0.25, 0.3) is 0 Å². The van der Waals surface area contributed by atoms with Gasteiger partial charge < -0.3 is 10.2 Å². The van der Waals surface area contributed by atoms with E-state index in [0.717, 1.165) is 13.2 Å². The zero-order chi connectivity index (χ0) is 24.0. The molecular formula is C21H41NaO8S. The third kappa shape index (κ3) is 25.9. The van der Waals surface area contributed by atoms with E-state index in [1.807, 2.05) is 0 Å². The van der Waals surface area contributed by atoms with Crippen molar-refractivity contribution >= 4 is 50.0 Å². The Morgan fingerprint density at radius 2 is 1.23 bits per heavy atom. The fourth-order valence-corrected chi connectivity index (χ4v) is 3.77. The van der Waals surface area contributed by atoms with E-state index >= 15 is 0 Å². The van der Waals surface area contributed by atoms with Crippen molar-refractivity contribution in [1.29, 1.82) is 0 Å². The van der Waals surface area contributed by atoms with E-state index in [-0.39, 0.29) is 0 Å². The maximum absolute atomic E-state index is 10.2. The van der Waals surface area contributed by atoms with Gasteiger partial charge in [0.15, 0.2) is 5.25 Å². The summed E-state index contributed by atoms with van der Waals surface area (Å²) in [6, 6.07) is 0. The molecule has 0 amide bonds. The van der Waals surface area contributed by atoms with Gasteiger partial charge in [-0.05, 0) is 0 Å². The summed E-state index contributed by atoms with van der Waals surface area (Å²) in [5.74, 6) is -3.50. The number of hydrogen-bond acceptors (Lipinski definition) is 5. The van der Waals surface area contributed by atoms with Crippen molar-refractivity contribution in [2.45, 2.75) is 106 Å². The van der Waals surface area contributed by atoms with E-state index in [1.54, 1.807) is 0 Å². The van der Waals surface area contributed by atoms with E-state index in [9.17, 15) is 18.0 Å². The molecule has 0 aromatic rings. The van der Waals surface area contributed by atoms with Crippen LogP contribution < -0.4 is 0 Å². The first-order valence-electron chi connectivity index (χ1n) is 11.6. The molecule has 8 nitrogen and oxygen atoms in total. The van der Waals surface area contributed by atoms with Crippen LogP contribution in [0.4, 0.5) is 0 Å². The minimum atomic E-state index is -4.84. The molecule has 0 aliphatic carbocycles. The zero-order valence-electron chi connectivity index (χ0n) is 19.4. The Kier molecular flexibility index (Phi) is 24.5. The summed E-state index contributed by atoms with van der Waals surface area (Å²) in [7, 11) is -4.84. The summed E-state index contributed by atoms with van der Waals surface area (Å²) in [5.41, 5.74) is 0. The Morgan fingerprint density at radius 1 is 0.806 bits per heavy atom. The van der Waals surface area contributed by atoms with Crippen molar-refractivity contribution in [2.75, 3.05) is 13.2 Å². The van der Waals surface area contributed by atoms with E-state index in [0.29, 0.717) is 0 Å². The van der Waals surface area contributed by atoms with Crippen molar-refractivity contribution in [2.24, 2.45) is 0 Å². The van der Waals surface area contributed by atoms with Crippen LogP contribution in [0.3, 0.4) is 0 Å². The molecule has 0 bridgehead atoms. The monoisotopic (exact) mass is 476 g/mol. The molecule has 31 heavy (non-hydrogen) atoms. The van der Waals surface area contributed by atoms with Crippen LogP contribution in [0.5, 0.6) is 0 Å². The third-order valence-electron chi connectivity index (χ3n) is 4.78. The Balaban J connectivity index is 0. The molecule has 0 aromatic carbocycles. The summed E-state index contributed by atoms with van der Waals surface area (Å²) in [6.07, 6.45) is 17.2. The molecule has 0 fully saturated rings. The van der Waals surface area contributed by atoms with Crippen molar-refractivity contribution in [1.82, 2.24) is 0 Å². The Hall–Kier alpha value is -0.190. The number of carboxylic acid groups (broad SMARTS) is 2. The second-order valence-corrected chi connectivity index (χ2v) is 10.4. The first-order chi connectivity index (χ1) is 14.7. The first kappa shape index (κ1) is 33.0. The van der Waals surface area contributed by atoms with Crippen LogP contribution in [0.2, 0.25) is 3.67 Å². The Labute approximate surface area is 205 Å². The summed E-state index contributed by atoms with van der Waals surface area (Å²) >= 11 is 1.33. The van der Waals surface area contributed by atoms with E-state index in [1.165, 1.54) is 115 Å². The standard InChI is InChI=1S/C17H35O.C4H6O7S.Na/c1-3-5-6-7-8-9-10-11-12-13-14-15-17-18-16-4-2;5-3(6)1-2(4(7)8)12(9,10)11;/h2-17H2,1H3;2H,1H2,(H,5,6)(H,7,8)(H,9,10,11);. The third-order valence-corrected chi connectivity index (χ3v) is 6.57. The van der Waals surface area contributed by atoms with Crippen molar-refractivity contribution in [3.63, 3.8) is 0 Å². The molecule has 180 valence electrons. The fraction of sp³-hybridized carbons (Fsp3) is 0.905. The second-order valence-electron chi connectivity index (χ2n) is 7.79. The molecule has 0 rings (SSSR count). The molecule has 0 radical (unpaired) electrons. The maximum atomic E-state index is 10.2. The Morgan fingerprint density at radius 3 is 1.55 bits per heavy atom. The molecular weight excluding hydrogens is 435 g/mol. The molecule has 0 saturated heterocycles. The second kappa shape index (κ2) is 23.0. The predicted octanol–water partition coefficient (Wildman–Crippen LogP) is 4.48. The van der Waals surface area contributed by atoms with Crippen molar-refractivity contribution in [3.8, 4) is 0 Å². The summed E-state index contributed by atoms with van der Waals surface area (Å²) in [4.78, 5) is 20.0. The number of rotatable bonds is 20. The quantitative estimate of drug-likeness (QED) is 0.133. The van der Waals surface area contributed by atoms with Gasteiger partial charge in [0.2, 0.25) is 0 Å². The van der Waals surface area contributed by atoms with Gasteiger partial charge in [0.05, 0.1) is 6.42 Å². The van der Waals surface area contributed by atoms with Crippen LogP contribution in [-0.2, 0) is 24.4 Å². The smallest absolute Gasteiger partial charge is 0.325 e. The number of aliphatic carboxylic acids is 2. The minimum absolute atomic E-state index is 0.999. The van der Waals surface area contributed by atoms with Gasteiger partial charge in [0.1, 0.15) is 0 Å². The van der Waals surface area contributed by atoms with Crippen molar-refractivity contribution in [3.05, 3.63) is 0 Å². The van der Waals surface area contributed by atoms with Gasteiger partial charge in [0, 0.05) is 0 Å².